The molecule has 3 aliphatic carbocycles. The Morgan fingerprint density at radius 3 is 2.24 bits per heavy atom. The van der Waals surface area contributed by atoms with Crippen LogP contribution in [-0.2, 0) is 9.59 Å². The molecule has 0 aliphatic heterocycles. The number of nitrogens with one attached hydrogen (secondary N) is 2. The summed E-state index contributed by atoms with van der Waals surface area (Å²) in [6.45, 7) is 2.94. The van der Waals surface area contributed by atoms with Crippen LogP contribution in [0.1, 0.15) is 39.5 Å². The molecular weight excluding hydrogens is 272 g/mol. The molecule has 116 valence electrons. The third-order valence-electron chi connectivity index (χ3n) is 5.47. The summed E-state index contributed by atoms with van der Waals surface area (Å²) in [4.78, 5) is 34.5. The van der Waals surface area contributed by atoms with Crippen LogP contribution in [0.5, 0.6) is 0 Å². The smallest absolute Gasteiger partial charge is 0.321 e. The molecule has 0 heterocycles. The molecule has 2 bridgehead atoms. The van der Waals surface area contributed by atoms with Crippen molar-refractivity contribution in [3.63, 3.8) is 0 Å². The molecule has 0 aromatic carbocycles. The van der Waals surface area contributed by atoms with E-state index < -0.39 is 23.3 Å². The minimum atomic E-state index is -1.17. The van der Waals surface area contributed by atoms with Gasteiger partial charge in [0.15, 0.2) is 0 Å². The van der Waals surface area contributed by atoms with Gasteiger partial charge in [-0.05, 0) is 56.8 Å². The van der Waals surface area contributed by atoms with Gasteiger partial charge in [0.05, 0.1) is 5.41 Å². The van der Waals surface area contributed by atoms with E-state index in [0.29, 0.717) is 11.8 Å². The van der Waals surface area contributed by atoms with Crippen LogP contribution in [0.15, 0.2) is 0 Å². The third-order valence-corrected chi connectivity index (χ3v) is 5.47. The maximum atomic E-state index is 11.8. The van der Waals surface area contributed by atoms with E-state index in [1.807, 2.05) is 0 Å². The molecule has 3 amide bonds. The molecule has 3 saturated carbocycles. The Hall–Kier alpha value is -1.59. The summed E-state index contributed by atoms with van der Waals surface area (Å²) in [5, 5.41) is 14.1. The Kier molecular flexibility index (Phi) is 3.22. The number of rotatable bonds is 4. The van der Waals surface area contributed by atoms with Crippen LogP contribution in [0.4, 0.5) is 4.79 Å². The standard InChI is InChI=1S/C15H22N2O4/c1-15(2,13(19)20)6-9(18)16-14(21)17-12-10-7-3-4-8(5-7)11(10)12/h7-8,10-12H,3-6H2,1-2H3,(H,19,20)(H2,16,17,18,21). The summed E-state index contributed by atoms with van der Waals surface area (Å²) in [5.41, 5.74) is -1.17. The number of carbonyl (C=O) groups is 3. The van der Waals surface area contributed by atoms with Crippen LogP contribution in [-0.4, -0.2) is 29.1 Å². The van der Waals surface area contributed by atoms with Crippen LogP contribution >= 0.6 is 0 Å². The predicted molar refractivity (Wildman–Crippen MR) is 74.3 cm³/mol. The van der Waals surface area contributed by atoms with Gasteiger partial charge in [0.2, 0.25) is 5.91 Å². The minimum Gasteiger partial charge on any atom is -0.481 e. The molecule has 0 radical (unpaired) electrons. The first-order valence-corrected chi connectivity index (χ1v) is 7.63. The van der Waals surface area contributed by atoms with E-state index in [2.05, 4.69) is 10.6 Å². The van der Waals surface area contributed by atoms with Gasteiger partial charge in [0.1, 0.15) is 0 Å². The van der Waals surface area contributed by atoms with Gasteiger partial charge in [0.25, 0.3) is 0 Å². The highest BCUT2D eigenvalue weighted by atomic mass is 16.4. The normalized spacial score (nSPS) is 36.0. The maximum Gasteiger partial charge on any atom is 0.321 e. The summed E-state index contributed by atoms with van der Waals surface area (Å²) in [6.07, 6.45) is 3.65. The quantitative estimate of drug-likeness (QED) is 0.729. The van der Waals surface area contributed by atoms with Crippen LogP contribution in [0.3, 0.4) is 0 Å². The number of aliphatic carboxylic acids is 1. The molecule has 0 spiro atoms. The maximum absolute atomic E-state index is 11.8. The van der Waals surface area contributed by atoms with Crippen molar-refractivity contribution in [2.24, 2.45) is 29.1 Å². The molecule has 0 aromatic rings. The van der Waals surface area contributed by atoms with Gasteiger partial charge in [-0.1, -0.05) is 0 Å². The Balaban J connectivity index is 1.45. The number of carboxylic acid groups (broad SMARTS) is 1. The van der Waals surface area contributed by atoms with Crippen molar-refractivity contribution in [3.8, 4) is 0 Å². The first-order chi connectivity index (χ1) is 9.79. The highest BCUT2D eigenvalue weighted by Gasteiger charge is 2.65. The predicted octanol–water partition coefficient (Wildman–Crippen LogP) is 1.36. The molecule has 0 saturated heterocycles. The second-order valence-electron chi connectivity index (χ2n) is 7.40. The molecule has 21 heavy (non-hydrogen) atoms. The van der Waals surface area contributed by atoms with Gasteiger partial charge in [-0.15, -0.1) is 0 Å². The lowest BCUT2D eigenvalue weighted by Crippen LogP contribution is -2.44. The zero-order valence-electron chi connectivity index (χ0n) is 12.4. The molecule has 4 unspecified atom stereocenters. The fourth-order valence-corrected chi connectivity index (χ4v) is 4.35. The van der Waals surface area contributed by atoms with E-state index in [1.54, 1.807) is 0 Å². The van der Waals surface area contributed by atoms with E-state index in [9.17, 15) is 14.4 Å². The van der Waals surface area contributed by atoms with E-state index in [4.69, 9.17) is 5.11 Å². The average molecular weight is 294 g/mol. The molecule has 3 fully saturated rings. The lowest BCUT2D eigenvalue weighted by atomic mass is 9.89. The molecule has 3 N–H and O–H groups in total. The number of carbonyl (C=O) groups excluding carboxylic acids is 2. The number of hydrogen-bond donors (Lipinski definition) is 3. The molecule has 3 rings (SSSR count). The number of carboxylic acids is 1. The molecule has 6 heteroatoms. The van der Waals surface area contributed by atoms with Crippen molar-refractivity contribution in [2.75, 3.05) is 0 Å². The number of imide groups is 1. The van der Waals surface area contributed by atoms with E-state index in [1.165, 1.54) is 33.1 Å². The summed E-state index contributed by atoms with van der Waals surface area (Å²) < 4.78 is 0. The van der Waals surface area contributed by atoms with Gasteiger partial charge in [-0.3, -0.25) is 14.9 Å². The lowest BCUT2D eigenvalue weighted by Gasteiger charge is -2.18. The fraction of sp³-hybridized carbons (Fsp3) is 0.800. The first kappa shape index (κ1) is 14.4. The van der Waals surface area contributed by atoms with Crippen molar-refractivity contribution in [1.29, 1.82) is 0 Å². The summed E-state index contributed by atoms with van der Waals surface area (Å²) in [5.74, 6) is 1.14. The molecule has 6 nitrogen and oxygen atoms in total. The summed E-state index contributed by atoms with van der Waals surface area (Å²) in [6, 6.07) is -0.267. The zero-order chi connectivity index (χ0) is 15.4. The number of urea groups is 1. The van der Waals surface area contributed by atoms with Crippen molar-refractivity contribution in [2.45, 2.75) is 45.6 Å². The van der Waals surface area contributed by atoms with Crippen LogP contribution in [0, 0.1) is 29.1 Å². The highest BCUT2D eigenvalue weighted by Crippen LogP contribution is 2.65. The van der Waals surface area contributed by atoms with Gasteiger partial charge in [-0.2, -0.15) is 0 Å². The van der Waals surface area contributed by atoms with Crippen molar-refractivity contribution < 1.29 is 19.5 Å². The van der Waals surface area contributed by atoms with Gasteiger partial charge < -0.3 is 10.4 Å². The van der Waals surface area contributed by atoms with Gasteiger partial charge >= 0.3 is 12.0 Å². The highest BCUT2D eigenvalue weighted by molar-refractivity contribution is 5.96. The van der Waals surface area contributed by atoms with Gasteiger partial charge in [0, 0.05) is 12.5 Å². The zero-order valence-corrected chi connectivity index (χ0v) is 12.4. The SMILES string of the molecule is CC(C)(CC(=O)NC(=O)NC1C2C3CCC(C3)C12)C(=O)O. The third kappa shape index (κ3) is 2.51. The largest absolute Gasteiger partial charge is 0.481 e. The summed E-state index contributed by atoms with van der Waals surface area (Å²) in [7, 11) is 0. The molecule has 0 aromatic heterocycles. The van der Waals surface area contributed by atoms with Crippen molar-refractivity contribution >= 4 is 17.9 Å². The van der Waals surface area contributed by atoms with E-state index in [-0.39, 0.29) is 12.5 Å². The minimum absolute atomic E-state index is 0.210. The second kappa shape index (κ2) is 4.71. The van der Waals surface area contributed by atoms with Gasteiger partial charge in [-0.25, -0.2) is 4.79 Å². The average Bonchev–Trinajstić information content (AvgIpc) is 2.77. The molecular formula is C15H22N2O4. The molecule has 3 aliphatic rings. The monoisotopic (exact) mass is 294 g/mol. The number of fused-ring (bicyclic) bond motifs is 5. The van der Waals surface area contributed by atoms with E-state index >= 15 is 0 Å². The fourth-order valence-electron chi connectivity index (χ4n) is 4.35. The molecule has 4 atom stereocenters. The Morgan fingerprint density at radius 1 is 1.14 bits per heavy atom. The van der Waals surface area contributed by atoms with Crippen molar-refractivity contribution in [1.82, 2.24) is 10.6 Å². The Labute approximate surface area is 123 Å². The van der Waals surface area contributed by atoms with Crippen molar-refractivity contribution in [3.05, 3.63) is 0 Å². The van der Waals surface area contributed by atoms with Crippen LogP contribution in [0.25, 0.3) is 0 Å². The van der Waals surface area contributed by atoms with E-state index in [0.717, 1.165) is 11.8 Å². The first-order valence-electron chi connectivity index (χ1n) is 7.63. The lowest BCUT2D eigenvalue weighted by molar-refractivity contribution is -0.149. The van der Waals surface area contributed by atoms with Crippen LogP contribution < -0.4 is 10.6 Å². The second-order valence-corrected chi connectivity index (χ2v) is 7.40. The topological polar surface area (TPSA) is 95.5 Å². The Bertz CT molecular complexity index is 486. The summed E-state index contributed by atoms with van der Waals surface area (Å²) >= 11 is 0. The van der Waals surface area contributed by atoms with Crippen LogP contribution in [0.2, 0.25) is 0 Å². The number of amides is 3. The number of hydrogen-bond acceptors (Lipinski definition) is 3. The Morgan fingerprint density at radius 2 is 1.71 bits per heavy atom.